The standard InChI is InChI=1S/C20H20F2N4.HI/c1-25(2)9-8-23-18-13-6-4-5-7-16(13)26(3)20-14-10-12(21)11-15(22)17(14)24-19(18)20;/h4-7,10-11H,8-9H2,1-3H3,(H,23,24);1H. The number of H-pyrrole nitrogens is 1. The number of pyridine rings is 1. The average molecular weight is 482 g/mol. The highest BCUT2D eigenvalue weighted by molar-refractivity contribution is 6.13. The Bertz CT molecular complexity index is 1140. The van der Waals surface area contributed by atoms with Gasteiger partial charge >= 0.3 is 0 Å². The van der Waals surface area contributed by atoms with Crippen LogP contribution < -0.4 is 33.9 Å². The Morgan fingerprint density at radius 2 is 1.81 bits per heavy atom. The molecule has 7 heteroatoms. The van der Waals surface area contributed by atoms with Gasteiger partial charge in [-0.05, 0) is 26.2 Å². The molecule has 0 unspecified atom stereocenters. The number of hydrogen-bond donors (Lipinski definition) is 2. The third kappa shape index (κ3) is 3.34. The summed E-state index contributed by atoms with van der Waals surface area (Å²) in [4.78, 5) is 5.27. The Labute approximate surface area is 173 Å². The van der Waals surface area contributed by atoms with Gasteiger partial charge in [0.25, 0.3) is 0 Å². The number of likely N-dealkylation sites (N-methyl/N-ethyl adjacent to an activating group) is 1. The van der Waals surface area contributed by atoms with Gasteiger partial charge < -0.3 is 39.2 Å². The molecule has 4 aromatic rings. The second kappa shape index (κ2) is 7.55. The number of aromatic nitrogens is 2. The summed E-state index contributed by atoms with van der Waals surface area (Å²) in [6.07, 6.45) is 0. The smallest absolute Gasteiger partial charge is 0.241 e. The summed E-state index contributed by atoms with van der Waals surface area (Å²) in [5.74, 6) is -1.16. The molecule has 0 aliphatic carbocycles. The van der Waals surface area contributed by atoms with E-state index in [0.29, 0.717) is 10.9 Å². The Morgan fingerprint density at radius 3 is 2.56 bits per heavy atom. The van der Waals surface area contributed by atoms with Crippen molar-refractivity contribution in [3.63, 3.8) is 0 Å². The summed E-state index contributed by atoms with van der Waals surface area (Å²) in [5, 5.41) is 5.06. The van der Waals surface area contributed by atoms with Crippen molar-refractivity contribution in [3.05, 3.63) is 48.0 Å². The first kappa shape index (κ1) is 19.8. The molecule has 2 N–H and O–H groups in total. The van der Waals surface area contributed by atoms with Crippen LogP contribution in [0.25, 0.3) is 32.8 Å². The minimum Gasteiger partial charge on any atom is -1.00 e. The lowest BCUT2D eigenvalue weighted by atomic mass is 10.1. The predicted molar refractivity (Wildman–Crippen MR) is 101 cm³/mol. The molecule has 0 saturated heterocycles. The van der Waals surface area contributed by atoms with Crippen LogP contribution in [0.2, 0.25) is 0 Å². The summed E-state index contributed by atoms with van der Waals surface area (Å²) in [6, 6.07) is 10.3. The van der Waals surface area contributed by atoms with Gasteiger partial charge in [0.1, 0.15) is 24.2 Å². The molecular weight excluding hydrogens is 461 g/mol. The van der Waals surface area contributed by atoms with E-state index in [1.165, 1.54) is 6.07 Å². The second-order valence-electron chi connectivity index (χ2n) is 6.84. The Kier molecular flexibility index (Phi) is 5.53. The number of aryl methyl sites for hydroxylation is 1. The molecule has 0 aliphatic heterocycles. The predicted octanol–water partition coefficient (Wildman–Crippen LogP) is 0.554. The molecule has 2 heterocycles. The largest absolute Gasteiger partial charge is 1.00 e. The van der Waals surface area contributed by atoms with Crippen LogP contribution in [0.15, 0.2) is 36.4 Å². The van der Waals surface area contributed by atoms with Crippen molar-refractivity contribution in [2.45, 2.75) is 0 Å². The molecule has 27 heavy (non-hydrogen) atoms. The highest BCUT2D eigenvalue weighted by atomic mass is 127. The van der Waals surface area contributed by atoms with Crippen molar-refractivity contribution in [2.24, 2.45) is 7.05 Å². The van der Waals surface area contributed by atoms with Crippen molar-refractivity contribution >= 4 is 38.5 Å². The second-order valence-corrected chi connectivity index (χ2v) is 6.84. The number of anilines is 1. The zero-order valence-electron chi connectivity index (χ0n) is 15.4. The fourth-order valence-corrected chi connectivity index (χ4v) is 3.56. The van der Waals surface area contributed by atoms with E-state index in [2.05, 4.69) is 15.2 Å². The maximum atomic E-state index is 14.3. The maximum Gasteiger partial charge on any atom is 0.241 e. The number of halogens is 3. The Hall–Kier alpha value is -2.00. The molecule has 2 aromatic carbocycles. The number of para-hydroxylation sites is 1. The van der Waals surface area contributed by atoms with E-state index in [4.69, 9.17) is 0 Å². The van der Waals surface area contributed by atoms with Crippen molar-refractivity contribution in [1.82, 2.24) is 9.88 Å². The maximum absolute atomic E-state index is 14.3. The fourth-order valence-electron chi connectivity index (χ4n) is 3.56. The van der Waals surface area contributed by atoms with Crippen molar-refractivity contribution in [1.29, 1.82) is 0 Å². The summed E-state index contributed by atoms with van der Waals surface area (Å²) >= 11 is 0. The van der Waals surface area contributed by atoms with E-state index in [0.717, 1.165) is 46.8 Å². The summed E-state index contributed by atoms with van der Waals surface area (Å²) in [5.41, 5.74) is 3.79. The van der Waals surface area contributed by atoms with Crippen LogP contribution >= 0.6 is 0 Å². The van der Waals surface area contributed by atoms with Crippen molar-refractivity contribution < 1.29 is 37.3 Å². The lowest BCUT2D eigenvalue weighted by molar-refractivity contribution is -0.616. The van der Waals surface area contributed by atoms with Crippen LogP contribution in [-0.4, -0.2) is 37.1 Å². The molecule has 0 spiro atoms. The lowest BCUT2D eigenvalue weighted by Gasteiger charge is -2.13. The molecule has 0 radical (unpaired) electrons. The van der Waals surface area contributed by atoms with Crippen molar-refractivity contribution in [3.8, 4) is 0 Å². The monoisotopic (exact) mass is 482 g/mol. The van der Waals surface area contributed by atoms with E-state index < -0.39 is 11.6 Å². The molecule has 0 atom stereocenters. The van der Waals surface area contributed by atoms with Crippen LogP contribution in [0.4, 0.5) is 14.5 Å². The van der Waals surface area contributed by atoms with Gasteiger partial charge in [-0.2, -0.15) is 4.57 Å². The highest BCUT2D eigenvalue weighted by Gasteiger charge is 2.24. The lowest BCUT2D eigenvalue weighted by Crippen LogP contribution is -3.00. The summed E-state index contributed by atoms with van der Waals surface area (Å²) in [7, 11) is 5.95. The number of benzene rings is 2. The molecule has 0 saturated carbocycles. The van der Waals surface area contributed by atoms with Crippen LogP contribution in [0.1, 0.15) is 0 Å². The van der Waals surface area contributed by atoms with E-state index in [1.807, 2.05) is 50.0 Å². The number of rotatable bonds is 4. The van der Waals surface area contributed by atoms with Crippen molar-refractivity contribution in [2.75, 3.05) is 32.5 Å². The van der Waals surface area contributed by atoms with E-state index in [-0.39, 0.29) is 24.0 Å². The summed E-state index contributed by atoms with van der Waals surface area (Å²) < 4.78 is 30.2. The normalized spacial score (nSPS) is 11.5. The molecule has 4 nitrogen and oxygen atoms in total. The average Bonchev–Trinajstić information content (AvgIpc) is 2.97. The first-order valence-electron chi connectivity index (χ1n) is 8.57. The Balaban J connectivity index is 0.00000210. The molecule has 2 aromatic heterocycles. The van der Waals surface area contributed by atoms with E-state index in [9.17, 15) is 8.78 Å². The number of nitrogens with one attached hydrogen (secondary N) is 2. The highest BCUT2D eigenvalue weighted by Crippen LogP contribution is 2.34. The topological polar surface area (TPSA) is 34.9 Å². The number of nitrogens with zero attached hydrogens (tertiary/aromatic N) is 2. The van der Waals surface area contributed by atoms with Gasteiger partial charge in [-0.3, -0.25) is 0 Å². The minimum atomic E-state index is -0.584. The first-order chi connectivity index (χ1) is 12.5. The third-order valence-electron chi connectivity index (χ3n) is 4.78. The number of hydrogen-bond acceptors (Lipinski definition) is 2. The van der Waals surface area contributed by atoms with Gasteiger partial charge in [0.2, 0.25) is 11.0 Å². The van der Waals surface area contributed by atoms with Crippen LogP contribution in [0.3, 0.4) is 0 Å². The van der Waals surface area contributed by atoms with Gasteiger partial charge in [-0.25, -0.2) is 8.78 Å². The van der Waals surface area contributed by atoms with Gasteiger partial charge in [0.15, 0.2) is 0 Å². The molecule has 0 amide bonds. The van der Waals surface area contributed by atoms with Gasteiger partial charge in [0.05, 0.1) is 22.0 Å². The fraction of sp³-hybridized carbons (Fsp3) is 0.250. The molecule has 0 fully saturated rings. The zero-order valence-corrected chi connectivity index (χ0v) is 17.6. The Morgan fingerprint density at radius 1 is 1.07 bits per heavy atom. The quantitative estimate of drug-likeness (QED) is 0.330. The molecular formula is C20H21F2IN4. The first-order valence-corrected chi connectivity index (χ1v) is 8.57. The van der Waals surface area contributed by atoms with Gasteiger partial charge in [-0.1, -0.05) is 12.1 Å². The number of aromatic amines is 1. The minimum absolute atomic E-state index is 0. The summed E-state index contributed by atoms with van der Waals surface area (Å²) in [6.45, 7) is 1.60. The molecule has 142 valence electrons. The SMILES string of the molecule is CN(C)CCNc1c2ccccc2[n+](C)c2c1[nH]c1c(F)cc(F)cc12.[I-]. The van der Waals surface area contributed by atoms with Crippen LogP contribution in [0.5, 0.6) is 0 Å². The zero-order chi connectivity index (χ0) is 18.4. The molecule has 0 bridgehead atoms. The van der Waals surface area contributed by atoms with Gasteiger partial charge in [-0.15, -0.1) is 0 Å². The number of fused-ring (bicyclic) bond motifs is 4. The third-order valence-corrected chi connectivity index (χ3v) is 4.78. The van der Waals surface area contributed by atoms with E-state index in [1.54, 1.807) is 0 Å². The van der Waals surface area contributed by atoms with E-state index >= 15 is 0 Å². The van der Waals surface area contributed by atoms with Crippen LogP contribution in [0, 0.1) is 11.6 Å². The molecule has 4 rings (SSSR count). The van der Waals surface area contributed by atoms with Gasteiger partial charge in [0, 0.05) is 25.2 Å². The van der Waals surface area contributed by atoms with Crippen LogP contribution in [-0.2, 0) is 7.05 Å². The molecule has 0 aliphatic rings.